The molecule has 4 aromatic carbocycles. The Balaban J connectivity index is 1.82. The Morgan fingerprint density at radius 1 is 0.586 bits per heavy atom. The summed E-state index contributed by atoms with van der Waals surface area (Å²) in [5.74, 6) is 0. The number of hydrogen-bond acceptors (Lipinski definition) is 3. The molecule has 0 fully saturated rings. The van der Waals surface area contributed by atoms with E-state index in [2.05, 4.69) is 72.8 Å². The minimum Gasteiger partial charge on any atom is -0.423 e. The normalized spacial score (nSPS) is 14.7. The lowest BCUT2D eigenvalue weighted by atomic mass is 9.65. The molecule has 1 aliphatic carbocycles. The predicted octanol–water partition coefficient (Wildman–Crippen LogP) is 4.19. The second-order valence-electron chi connectivity index (χ2n) is 7.57. The number of hydrogen-bond donors (Lipinski definition) is 2. The summed E-state index contributed by atoms with van der Waals surface area (Å²) in [6.45, 7) is 0. The van der Waals surface area contributed by atoms with Crippen molar-refractivity contribution in [3.05, 3.63) is 113 Å². The summed E-state index contributed by atoms with van der Waals surface area (Å²) >= 11 is 1.75. The average molecular weight is 392 g/mol. The molecule has 138 valence electrons. The monoisotopic (exact) mass is 392 g/mol. The summed E-state index contributed by atoms with van der Waals surface area (Å²) in [7, 11) is -1.49. The van der Waals surface area contributed by atoms with Crippen LogP contribution in [0.3, 0.4) is 0 Å². The molecule has 4 aromatic rings. The molecule has 2 N–H and O–H groups in total. The van der Waals surface area contributed by atoms with E-state index >= 15 is 0 Å². The summed E-state index contributed by atoms with van der Waals surface area (Å²) in [5, 5.41) is 19.8. The molecular weight excluding hydrogens is 375 g/mol. The third kappa shape index (κ3) is 2.17. The number of rotatable bonds is 1. The maximum Gasteiger partial charge on any atom is 0.488 e. The van der Waals surface area contributed by atoms with Gasteiger partial charge in [-0.25, -0.2) is 0 Å². The van der Waals surface area contributed by atoms with Crippen LogP contribution >= 0.6 is 11.8 Å². The van der Waals surface area contributed by atoms with Crippen molar-refractivity contribution < 1.29 is 10.0 Å². The van der Waals surface area contributed by atoms with Gasteiger partial charge in [0.2, 0.25) is 0 Å². The molecule has 1 heterocycles. The van der Waals surface area contributed by atoms with E-state index < -0.39 is 12.5 Å². The standard InChI is InChI=1S/C25H17BO2S/c27-26(28)16-13-14-24-22(15-16)25(21-11-5-6-12-23(21)29-24)19-9-3-1-7-17(19)18-8-2-4-10-20(18)25/h1-15,27-28H. The largest absolute Gasteiger partial charge is 0.488 e. The van der Waals surface area contributed by atoms with Gasteiger partial charge in [0, 0.05) is 9.79 Å². The summed E-state index contributed by atoms with van der Waals surface area (Å²) < 4.78 is 0. The lowest BCUT2D eigenvalue weighted by molar-refractivity contribution is 0.425. The number of fused-ring (bicyclic) bond motifs is 9. The van der Waals surface area contributed by atoms with Gasteiger partial charge in [-0.15, -0.1) is 0 Å². The SMILES string of the molecule is OB(O)c1ccc2c(c1)C1(c3ccccc3S2)c2ccccc2-c2ccccc21. The summed E-state index contributed by atoms with van der Waals surface area (Å²) in [4.78, 5) is 2.39. The molecule has 2 aliphatic rings. The highest BCUT2D eigenvalue weighted by Gasteiger charge is 2.50. The van der Waals surface area contributed by atoms with E-state index in [0.29, 0.717) is 5.46 Å². The van der Waals surface area contributed by atoms with E-state index in [1.165, 1.54) is 32.7 Å². The minimum absolute atomic E-state index is 0.463. The van der Waals surface area contributed by atoms with Crippen LogP contribution in [0.25, 0.3) is 11.1 Å². The third-order valence-electron chi connectivity index (χ3n) is 6.17. The zero-order valence-electron chi connectivity index (χ0n) is 15.5. The Labute approximate surface area is 174 Å². The molecule has 29 heavy (non-hydrogen) atoms. The summed E-state index contributed by atoms with van der Waals surface area (Å²) in [6.07, 6.45) is 0. The van der Waals surface area contributed by atoms with Crippen molar-refractivity contribution in [1.29, 1.82) is 0 Å². The quantitative estimate of drug-likeness (QED) is 0.412. The van der Waals surface area contributed by atoms with Gasteiger partial charge in [-0.2, -0.15) is 0 Å². The topological polar surface area (TPSA) is 40.5 Å². The summed E-state index contributed by atoms with van der Waals surface area (Å²) in [5.41, 5.74) is 7.40. The van der Waals surface area contributed by atoms with Crippen LogP contribution in [0.5, 0.6) is 0 Å². The van der Waals surface area contributed by atoms with Crippen molar-refractivity contribution in [1.82, 2.24) is 0 Å². The fourth-order valence-electron chi connectivity index (χ4n) is 5.03. The fourth-order valence-corrected chi connectivity index (χ4v) is 6.21. The summed E-state index contributed by atoms with van der Waals surface area (Å²) in [6, 6.07) is 31.6. The van der Waals surface area contributed by atoms with Gasteiger partial charge in [-0.3, -0.25) is 0 Å². The lowest BCUT2D eigenvalue weighted by Crippen LogP contribution is -2.36. The molecule has 0 bridgehead atoms. The van der Waals surface area contributed by atoms with Crippen LogP contribution in [0, 0.1) is 0 Å². The van der Waals surface area contributed by atoms with Crippen molar-refractivity contribution in [3.63, 3.8) is 0 Å². The van der Waals surface area contributed by atoms with Gasteiger partial charge in [-0.1, -0.05) is 90.6 Å². The Morgan fingerprint density at radius 2 is 1.14 bits per heavy atom. The van der Waals surface area contributed by atoms with Gasteiger partial charge in [0.25, 0.3) is 0 Å². The van der Waals surface area contributed by atoms with Crippen LogP contribution in [0.15, 0.2) is 101 Å². The van der Waals surface area contributed by atoms with Gasteiger partial charge >= 0.3 is 7.12 Å². The first-order valence-electron chi connectivity index (χ1n) is 9.68. The van der Waals surface area contributed by atoms with E-state index in [4.69, 9.17) is 0 Å². The van der Waals surface area contributed by atoms with Gasteiger partial charge < -0.3 is 10.0 Å². The van der Waals surface area contributed by atoms with Crippen molar-refractivity contribution in [3.8, 4) is 11.1 Å². The molecule has 0 aromatic heterocycles. The second kappa shape index (κ2) is 6.10. The molecule has 0 atom stereocenters. The molecule has 0 saturated carbocycles. The zero-order valence-corrected chi connectivity index (χ0v) is 16.4. The van der Waals surface area contributed by atoms with E-state index in [0.717, 1.165) is 10.5 Å². The minimum atomic E-state index is -1.49. The Kier molecular flexibility index (Phi) is 3.60. The van der Waals surface area contributed by atoms with Crippen LogP contribution in [-0.4, -0.2) is 17.2 Å². The first-order valence-corrected chi connectivity index (χ1v) is 10.5. The highest BCUT2D eigenvalue weighted by Crippen LogP contribution is 2.61. The third-order valence-corrected chi connectivity index (χ3v) is 7.32. The fraction of sp³-hybridized carbons (Fsp3) is 0.0400. The second-order valence-corrected chi connectivity index (χ2v) is 8.65. The van der Waals surface area contributed by atoms with Crippen LogP contribution in [0.4, 0.5) is 0 Å². The van der Waals surface area contributed by atoms with E-state index in [9.17, 15) is 10.0 Å². The molecule has 1 spiro atoms. The van der Waals surface area contributed by atoms with E-state index in [1.54, 1.807) is 11.8 Å². The smallest absolute Gasteiger partial charge is 0.423 e. The molecule has 6 rings (SSSR count). The molecular formula is C25H17BO2S. The van der Waals surface area contributed by atoms with Gasteiger partial charge in [-0.05, 0) is 51.0 Å². The average Bonchev–Trinajstić information content (AvgIpc) is 3.05. The molecule has 0 amide bonds. The maximum absolute atomic E-state index is 9.89. The van der Waals surface area contributed by atoms with E-state index in [1.807, 2.05) is 18.2 Å². The highest BCUT2D eigenvalue weighted by molar-refractivity contribution is 7.99. The molecule has 2 nitrogen and oxygen atoms in total. The van der Waals surface area contributed by atoms with Crippen molar-refractivity contribution in [2.24, 2.45) is 0 Å². The van der Waals surface area contributed by atoms with Crippen LogP contribution in [0.1, 0.15) is 22.3 Å². The zero-order chi connectivity index (χ0) is 19.6. The van der Waals surface area contributed by atoms with E-state index in [-0.39, 0.29) is 0 Å². The van der Waals surface area contributed by atoms with Gasteiger partial charge in [0.05, 0.1) is 5.41 Å². The Morgan fingerprint density at radius 3 is 1.79 bits per heavy atom. The van der Waals surface area contributed by atoms with Crippen molar-refractivity contribution >= 4 is 24.3 Å². The molecule has 0 unspecified atom stereocenters. The lowest BCUT2D eigenvalue weighted by Gasteiger charge is -2.40. The number of benzene rings is 4. The molecule has 4 heteroatoms. The first kappa shape index (κ1) is 17.1. The maximum atomic E-state index is 9.89. The molecule has 1 aliphatic heterocycles. The molecule has 0 radical (unpaired) electrons. The Bertz CT molecular complexity index is 1240. The van der Waals surface area contributed by atoms with Crippen LogP contribution < -0.4 is 5.46 Å². The van der Waals surface area contributed by atoms with Crippen molar-refractivity contribution in [2.75, 3.05) is 0 Å². The molecule has 0 saturated heterocycles. The Hall–Kier alpha value is -2.79. The highest BCUT2D eigenvalue weighted by atomic mass is 32.2. The van der Waals surface area contributed by atoms with Crippen LogP contribution in [0.2, 0.25) is 0 Å². The van der Waals surface area contributed by atoms with Crippen molar-refractivity contribution in [2.45, 2.75) is 15.2 Å². The van der Waals surface area contributed by atoms with Crippen LogP contribution in [-0.2, 0) is 5.41 Å². The first-order chi connectivity index (χ1) is 14.2. The van der Waals surface area contributed by atoms with Gasteiger partial charge in [0.1, 0.15) is 0 Å². The predicted molar refractivity (Wildman–Crippen MR) is 118 cm³/mol. The van der Waals surface area contributed by atoms with Gasteiger partial charge in [0.15, 0.2) is 0 Å².